The zero-order valence-corrected chi connectivity index (χ0v) is 20.6. The third kappa shape index (κ3) is 6.25. The van der Waals surface area contributed by atoms with Crippen LogP contribution in [0.15, 0.2) is 18.2 Å². The largest absolute Gasteiger partial charge is 0.454 e. The number of fused-ring (bicyclic) bond motifs is 1. The van der Waals surface area contributed by atoms with Gasteiger partial charge in [-0.05, 0) is 94.3 Å². The molecule has 5 rings (SSSR count). The maximum absolute atomic E-state index is 12.3. The van der Waals surface area contributed by atoms with Crippen LogP contribution < -0.4 is 14.8 Å². The van der Waals surface area contributed by atoms with Crippen LogP contribution in [0.5, 0.6) is 11.5 Å². The lowest BCUT2D eigenvalue weighted by Gasteiger charge is -2.34. The normalized spacial score (nSPS) is 28.1. The lowest BCUT2D eigenvalue weighted by atomic mass is 9.80. The van der Waals surface area contributed by atoms with Gasteiger partial charge in [0.2, 0.25) is 12.7 Å². The first-order valence-electron chi connectivity index (χ1n) is 13.7. The average molecular weight is 471 g/mol. The fourth-order valence-electron chi connectivity index (χ4n) is 6.39. The summed E-state index contributed by atoms with van der Waals surface area (Å²) in [5, 5.41) is 3.21. The van der Waals surface area contributed by atoms with Crippen molar-refractivity contribution in [1.82, 2.24) is 10.2 Å². The Morgan fingerprint density at radius 3 is 2.59 bits per heavy atom. The average Bonchev–Trinajstić information content (AvgIpc) is 3.37. The molecule has 0 aromatic heterocycles. The van der Waals surface area contributed by atoms with Crippen molar-refractivity contribution >= 4 is 5.91 Å². The molecule has 4 aliphatic rings. The van der Waals surface area contributed by atoms with Crippen LogP contribution in [0.2, 0.25) is 0 Å². The summed E-state index contributed by atoms with van der Waals surface area (Å²) in [5.41, 5.74) is 1.34. The highest BCUT2D eigenvalue weighted by Gasteiger charge is 2.28. The van der Waals surface area contributed by atoms with Gasteiger partial charge in [0, 0.05) is 31.7 Å². The molecule has 3 fully saturated rings. The van der Waals surface area contributed by atoms with E-state index in [1.54, 1.807) is 0 Å². The smallest absolute Gasteiger partial charge is 0.231 e. The zero-order chi connectivity index (χ0) is 23.2. The lowest BCUT2D eigenvalue weighted by Crippen LogP contribution is -2.35. The van der Waals surface area contributed by atoms with Crippen molar-refractivity contribution in [1.29, 1.82) is 0 Å². The number of carbonyl (C=O) groups excluding carboxylic acids is 1. The lowest BCUT2D eigenvalue weighted by molar-refractivity contribution is -0.123. The topological polar surface area (TPSA) is 60.0 Å². The van der Waals surface area contributed by atoms with Crippen LogP contribution in [0.1, 0.15) is 75.7 Å². The van der Waals surface area contributed by atoms with Gasteiger partial charge in [0.15, 0.2) is 11.5 Å². The van der Waals surface area contributed by atoms with Crippen LogP contribution in [0, 0.1) is 17.8 Å². The van der Waals surface area contributed by atoms with Crippen molar-refractivity contribution in [2.45, 2.75) is 70.1 Å². The molecular weight excluding hydrogens is 428 g/mol. The highest BCUT2D eigenvalue weighted by atomic mass is 16.7. The minimum Gasteiger partial charge on any atom is -0.454 e. The predicted molar refractivity (Wildman–Crippen MR) is 132 cm³/mol. The van der Waals surface area contributed by atoms with Gasteiger partial charge in [0.25, 0.3) is 0 Å². The highest BCUT2D eigenvalue weighted by molar-refractivity contribution is 5.76. The second kappa shape index (κ2) is 11.8. The Bertz CT molecular complexity index is 794. The standard InChI is InChI=1S/C28H42N2O4/c31-27(17-23-3-2-16-32-19-23)29-18-22-8-6-21(7-9-22)10-13-30-14-11-24(12-15-30)25-4-1-5-26-28(25)34-20-33-26/h1,4-5,21-24H,2-3,6-20H2,(H,29,31)/t21?,22?,23-/m0/s1. The maximum Gasteiger partial charge on any atom is 0.231 e. The molecule has 3 aliphatic heterocycles. The number of hydrogen-bond donors (Lipinski definition) is 1. The first-order chi connectivity index (χ1) is 16.7. The van der Waals surface area contributed by atoms with Crippen molar-refractivity contribution in [2.24, 2.45) is 17.8 Å². The Kier molecular flexibility index (Phi) is 8.28. The Morgan fingerprint density at radius 2 is 1.79 bits per heavy atom. The summed E-state index contributed by atoms with van der Waals surface area (Å²) < 4.78 is 16.8. The first-order valence-corrected chi connectivity index (χ1v) is 13.7. The molecule has 1 atom stereocenters. The van der Waals surface area contributed by atoms with E-state index in [0.717, 1.165) is 50.0 Å². The van der Waals surface area contributed by atoms with E-state index in [2.05, 4.69) is 22.3 Å². The summed E-state index contributed by atoms with van der Waals surface area (Å²) >= 11 is 0. The van der Waals surface area contributed by atoms with Gasteiger partial charge in [0.1, 0.15) is 0 Å². The van der Waals surface area contributed by atoms with E-state index < -0.39 is 0 Å². The maximum atomic E-state index is 12.3. The van der Waals surface area contributed by atoms with E-state index >= 15 is 0 Å². The molecule has 0 unspecified atom stereocenters. The summed E-state index contributed by atoms with van der Waals surface area (Å²) in [4.78, 5) is 14.9. The van der Waals surface area contributed by atoms with Crippen molar-refractivity contribution in [3.63, 3.8) is 0 Å². The van der Waals surface area contributed by atoms with E-state index in [1.165, 1.54) is 70.1 Å². The number of likely N-dealkylation sites (tertiary alicyclic amines) is 1. The van der Waals surface area contributed by atoms with E-state index in [4.69, 9.17) is 14.2 Å². The van der Waals surface area contributed by atoms with E-state index in [9.17, 15) is 4.79 Å². The van der Waals surface area contributed by atoms with Crippen LogP contribution >= 0.6 is 0 Å². The second-order valence-electron chi connectivity index (χ2n) is 11.0. The number of nitrogens with zero attached hydrogens (tertiary/aromatic N) is 1. The van der Waals surface area contributed by atoms with E-state index in [0.29, 0.717) is 31.0 Å². The van der Waals surface area contributed by atoms with Crippen molar-refractivity contribution in [3.8, 4) is 11.5 Å². The fraction of sp³-hybridized carbons (Fsp3) is 0.750. The monoisotopic (exact) mass is 470 g/mol. The Morgan fingerprint density at radius 1 is 0.971 bits per heavy atom. The number of nitrogens with one attached hydrogen (secondary N) is 1. The Balaban J connectivity index is 0.956. The number of hydrogen-bond acceptors (Lipinski definition) is 5. The summed E-state index contributed by atoms with van der Waals surface area (Å²) in [6, 6.07) is 6.33. The molecule has 6 heteroatoms. The summed E-state index contributed by atoms with van der Waals surface area (Å²) in [6.45, 7) is 6.44. The molecule has 1 aromatic rings. The molecule has 3 heterocycles. The molecular formula is C28H42N2O4. The van der Waals surface area contributed by atoms with Crippen LogP contribution in [0.25, 0.3) is 0 Å². The SMILES string of the molecule is O=C(C[C@@H]1CCCOC1)NCC1CCC(CCN2CCC(c3cccc4c3OCO4)CC2)CC1. The van der Waals surface area contributed by atoms with Gasteiger partial charge in [-0.2, -0.15) is 0 Å². The summed E-state index contributed by atoms with van der Waals surface area (Å²) in [7, 11) is 0. The minimum absolute atomic E-state index is 0.223. The number of amides is 1. The predicted octanol–water partition coefficient (Wildman–Crippen LogP) is 4.72. The van der Waals surface area contributed by atoms with Gasteiger partial charge in [-0.3, -0.25) is 4.79 Å². The first kappa shape index (κ1) is 23.9. The number of rotatable bonds is 8. The molecule has 0 bridgehead atoms. The summed E-state index contributed by atoms with van der Waals surface area (Å²) in [6.07, 6.45) is 11.8. The molecule has 1 aromatic carbocycles. The zero-order valence-electron chi connectivity index (χ0n) is 20.6. The van der Waals surface area contributed by atoms with Crippen LogP contribution in [0.4, 0.5) is 0 Å². The van der Waals surface area contributed by atoms with Gasteiger partial charge < -0.3 is 24.4 Å². The van der Waals surface area contributed by atoms with Crippen molar-refractivity contribution in [3.05, 3.63) is 23.8 Å². The van der Waals surface area contributed by atoms with Gasteiger partial charge >= 0.3 is 0 Å². The third-order valence-electron chi connectivity index (χ3n) is 8.59. The van der Waals surface area contributed by atoms with Gasteiger partial charge in [-0.15, -0.1) is 0 Å². The van der Waals surface area contributed by atoms with Gasteiger partial charge in [-0.25, -0.2) is 0 Å². The van der Waals surface area contributed by atoms with Gasteiger partial charge in [0.05, 0.1) is 0 Å². The molecule has 34 heavy (non-hydrogen) atoms. The van der Waals surface area contributed by atoms with E-state index in [-0.39, 0.29) is 5.91 Å². The Labute approximate surface area is 204 Å². The quantitative estimate of drug-likeness (QED) is 0.596. The number of para-hydroxylation sites is 1. The number of carbonyl (C=O) groups is 1. The second-order valence-corrected chi connectivity index (χ2v) is 11.0. The number of ether oxygens (including phenoxy) is 3. The third-order valence-corrected chi connectivity index (χ3v) is 8.59. The number of benzene rings is 1. The van der Waals surface area contributed by atoms with E-state index in [1.807, 2.05) is 6.07 Å². The summed E-state index contributed by atoms with van der Waals surface area (Å²) in [5.74, 6) is 4.64. The molecule has 188 valence electrons. The molecule has 0 spiro atoms. The van der Waals surface area contributed by atoms with Crippen molar-refractivity contribution in [2.75, 3.05) is 46.2 Å². The van der Waals surface area contributed by atoms with Crippen molar-refractivity contribution < 1.29 is 19.0 Å². The molecule has 1 aliphatic carbocycles. The Hall–Kier alpha value is -1.79. The molecule has 2 saturated heterocycles. The van der Waals surface area contributed by atoms with Gasteiger partial charge in [-0.1, -0.05) is 25.0 Å². The minimum atomic E-state index is 0.223. The van der Waals surface area contributed by atoms with Crippen LogP contribution in [-0.2, 0) is 9.53 Å². The molecule has 1 N–H and O–H groups in total. The number of piperidine rings is 1. The van der Waals surface area contributed by atoms with Crippen LogP contribution in [-0.4, -0.2) is 57.0 Å². The van der Waals surface area contributed by atoms with Crippen LogP contribution in [0.3, 0.4) is 0 Å². The molecule has 0 radical (unpaired) electrons. The molecule has 1 saturated carbocycles. The molecule has 6 nitrogen and oxygen atoms in total. The molecule has 1 amide bonds. The fourth-order valence-corrected chi connectivity index (χ4v) is 6.39. The highest BCUT2D eigenvalue weighted by Crippen LogP contribution is 2.42.